The third-order valence-corrected chi connectivity index (χ3v) is 4.17. The average Bonchev–Trinajstić information content (AvgIpc) is 2.45. The molecule has 0 bridgehead atoms. The van der Waals surface area contributed by atoms with E-state index in [1.165, 1.54) is 0 Å². The lowest BCUT2D eigenvalue weighted by Crippen LogP contribution is -2.31. The maximum absolute atomic E-state index is 11.6. The maximum Gasteiger partial charge on any atom is 0.257 e. The van der Waals surface area contributed by atoms with Gasteiger partial charge in [0.2, 0.25) is 0 Å². The van der Waals surface area contributed by atoms with Gasteiger partial charge in [0, 0.05) is 28.9 Å². The van der Waals surface area contributed by atoms with Crippen LogP contribution in [0.4, 0.5) is 0 Å². The van der Waals surface area contributed by atoms with E-state index in [1.54, 1.807) is 30.5 Å². The first-order valence-corrected chi connectivity index (χ1v) is 7.87. The first-order valence-electron chi connectivity index (χ1n) is 6.25. The molecule has 1 N–H and O–H groups in total. The van der Waals surface area contributed by atoms with Crippen molar-refractivity contribution in [3.8, 4) is 11.8 Å². The van der Waals surface area contributed by atoms with Gasteiger partial charge in [0.05, 0.1) is 5.56 Å². The number of rotatable bonds is 7. The van der Waals surface area contributed by atoms with Crippen molar-refractivity contribution in [3.05, 3.63) is 29.8 Å². The highest BCUT2D eigenvalue weighted by atomic mass is 32.2. The number of hydrogen-bond acceptors (Lipinski definition) is 4. The Kier molecular flexibility index (Phi) is 6.74. The minimum Gasteiger partial charge on any atom is -0.482 e. The van der Waals surface area contributed by atoms with Crippen LogP contribution in [-0.4, -0.2) is 34.8 Å². The van der Waals surface area contributed by atoms with Gasteiger partial charge in [0.25, 0.3) is 5.91 Å². The quantitative estimate of drug-likeness (QED) is 0.820. The first-order chi connectivity index (χ1) is 9.54. The summed E-state index contributed by atoms with van der Waals surface area (Å²) in [4.78, 5) is 11.6. The van der Waals surface area contributed by atoms with Crippen LogP contribution in [0.25, 0.3) is 0 Å². The number of amides is 1. The van der Waals surface area contributed by atoms with Crippen molar-refractivity contribution in [2.45, 2.75) is 18.6 Å². The highest BCUT2D eigenvalue weighted by molar-refractivity contribution is 7.84. The number of nitrogens with one attached hydrogen (secondary N) is 1. The summed E-state index contributed by atoms with van der Waals surface area (Å²) in [6, 6.07) is 8.75. The molecular weight excluding hydrogens is 276 g/mol. The number of para-hydroxylation sites is 1. The molecule has 0 aliphatic heterocycles. The number of nitrogens with zero attached hydrogens (tertiary/aromatic N) is 1. The highest BCUT2D eigenvalue weighted by Gasteiger charge is 2.08. The van der Waals surface area contributed by atoms with Crippen molar-refractivity contribution in [2.24, 2.45) is 0 Å². The van der Waals surface area contributed by atoms with Crippen LogP contribution in [0.3, 0.4) is 0 Å². The third-order valence-electron chi connectivity index (χ3n) is 2.81. The predicted molar refractivity (Wildman–Crippen MR) is 77.8 cm³/mol. The van der Waals surface area contributed by atoms with Crippen molar-refractivity contribution in [1.82, 2.24) is 5.32 Å². The van der Waals surface area contributed by atoms with Crippen molar-refractivity contribution in [1.29, 1.82) is 5.26 Å². The molecule has 108 valence electrons. The second-order valence-electron chi connectivity index (χ2n) is 4.34. The molecular formula is C14H18N2O3S. The van der Waals surface area contributed by atoms with Gasteiger partial charge in [-0.1, -0.05) is 19.1 Å². The second-order valence-corrected chi connectivity index (χ2v) is 6.15. The maximum atomic E-state index is 11.6. The summed E-state index contributed by atoms with van der Waals surface area (Å²) < 4.78 is 16.4. The molecule has 2 unspecified atom stereocenters. The summed E-state index contributed by atoms with van der Waals surface area (Å²) in [7, 11) is -0.881. The average molecular weight is 294 g/mol. The minimum atomic E-state index is -0.881. The molecule has 1 amide bonds. The Morgan fingerprint density at radius 3 is 2.85 bits per heavy atom. The van der Waals surface area contributed by atoms with Gasteiger partial charge in [-0.2, -0.15) is 5.26 Å². The van der Waals surface area contributed by atoms with Crippen LogP contribution < -0.4 is 10.1 Å². The zero-order chi connectivity index (χ0) is 15.0. The molecule has 20 heavy (non-hydrogen) atoms. The summed E-state index contributed by atoms with van der Waals surface area (Å²) in [6.45, 7) is 2.20. The van der Waals surface area contributed by atoms with Gasteiger partial charge in [-0.3, -0.25) is 9.00 Å². The van der Waals surface area contributed by atoms with Crippen LogP contribution in [0, 0.1) is 11.3 Å². The van der Waals surface area contributed by atoms with Gasteiger partial charge in [-0.25, -0.2) is 0 Å². The monoisotopic (exact) mass is 294 g/mol. The minimum absolute atomic E-state index is 0.0514. The summed E-state index contributed by atoms with van der Waals surface area (Å²) in [6.07, 6.45) is 2.30. The lowest BCUT2D eigenvalue weighted by Gasteiger charge is -2.10. The highest BCUT2D eigenvalue weighted by Crippen LogP contribution is 2.16. The van der Waals surface area contributed by atoms with Crippen molar-refractivity contribution in [2.75, 3.05) is 19.4 Å². The summed E-state index contributed by atoms with van der Waals surface area (Å²) in [5.74, 6) is 0.139. The Hall–Kier alpha value is -1.87. The molecule has 0 saturated heterocycles. The van der Waals surface area contributed by atoms with E-state index in [-0.39, 0.29) is 17.8 Å². The van der Waals surface area contributed by atoms with Crippen molar-refractivity contribution in [3.63, 3.8) is 0 Å². The Morgan fingerprint density at radius 2 is 2.20 bits per heavy atom. The Bertz CT molecular complexity index is 525. The summed E-state index contributed by atoms with van der Waals surface area (Å²) in [5.41, 5.74) is 0.398. The van der Waals surface area contributed by atoms with E-state index in [0.29, 0.717) is 24.3 Å². The summed E-state index contributed by atoms with van der Waals surface area (Å²) >= 11 is 0. The Morgan fingerprint density at radius 1 is 1.50 bits per heavy atom. The number of ether oxygens (including phenoxy) is 1. The van der Waals surface area contributed by atoms with Gasteiger partial charge in [0.1, 0.15) is 11.8 Å². The zero-order valence-electron chi connectivity index (χ0n) is 11.6. The first kappa shape index (κ1) is 16.2. The normalized spacial score (nSPS) is 13.1. The zero-order valence-corrected chi connectivity index (χ0v) is 12.4. The number of benzene rings is 1. The van der Waals surface area contributed by atoms with Gasteiger partial charge >= 0.3 is 0 Å². The van der Waals surface area contributed by atoms with Crippen LogP contribution in [-0.2, 0) is 15.6 Å². The summed E-state index contributed by atoms with van der Waals surface area (Å²) in [5, 5.41) is 11.6. The van der Waals surface area contributed by atoms with Crippen LogP contribution in [0.1, 0.15) is 18.9 Å². The van der Waals surface area contributed by atoms with Crippen LogP contribution in [0.2, 0.25) is 0 Å². The van der Waals surface area contributed by atoms with E-state index < -0.39 is 10.8 Å². The predicted octanol–water partition coefficient (Wildman–Crippen LogP) is 1.21. The topological polar surface area (TPSA) is 79.2 Å². The van der Waals surface area contributed by atoms with Gasteiger partial charge in [-0.15, -0.1) is 0 Å². The Labute approximate surface area is 121 Å². The van der Waals surface area contributed by atoms with Gasteiger partial charge < -0.3 is 10.1 Å². The standard InChI is InChI=1S/C14H18N2O3S/c1-11(20(2)18)7-8-16-14(17)10-19-13-6-4-3-5-12(13)9-15/h3-6,11H,7-8,10H2,1-2H3,(H,16,17). The van der Waals surface area contributed by atoms with E-state index in [0.717, 1.165) is 0 Å². The smallest absolute Gasteiger partial charge is 0.257 e. The molecule has 0 aromatic heterocycles. The molecule has 0 heterocycles. The molecule has 0 spiro atoms. The molecule has 0 radical (unpaired) electrons. The van der Waals surface area contributed by atoms with E-state index in [4.69, 9.17) is 10.00 Å². The molecule has 1 aromatic carbocycles. The molecule has 0 saturated carbocycles. The third kappa shape index (κ3) is 5.41. The number of carbonyl (C=O) groups is 1. The molecule has 6 heteroatoms. The van der Waals surface area contributed by atoms with E-state index in [2.05, 4.69) is 5.32 Å². The van der Waals surface area contributed by atoms with Gasteiger partial charge in [-0.05, 0) is 18.6 Å². The molecule has 1 aromatic rings. The van der Waals surface area contributed by atoms with E-state index in [1.807, 2.05) is 13.0 Å². The fraction of sp³-hybridized carbons (Fsp3) is 0.429. The van der Waals surface area contributed by atoms with E-state index >= 15 is 0 Å². The lowest BCUT2D eigenvalue weighted by atomic mass is 10.2. The van der Waals surface area contributed by atoms with Crippen LogP contribution in [0.5, 0.6) is 5.75 Å². The fourth-order valence-electron chi connectivity index (χ4n) is 1.46. The Balaban J connectivity index is 2.33. The largest absolute Gasteiger partial charge is 0.482 e. The van der Waals surface area contributed by atoms with Crippen molar-refractivity contribution < 1.29 is 13.7 Å². The molecule has 0 fully saturated rings. The van der Waals surface area contributed by atoms with Crippen molar-refractivity contribution >= 4 is 16.7 Å². The molecule has 2 atom stereocenters. The molecule has 1 rings (SSSR count). The van der Waals surface area contributed by atoms with E-state index in [9.17, 15) is 9.00 Å². The lowest BCUT2D eigenvalue weighted by molar-refractivity contribution is -0.123. The van der Waals surface area contributed by atoms with Crippen LogP contribution >= 0.6 is 0 Å². The molecule has 0 aliphatic carbocycles. The SMILES string of the molecule is CC(CCNC(=O)COc1ccccc1C#N)S(C)=O. The molecule has 0 aliphatic rings. The number of hydrogen-bond donors (Lipinski definition) is 1. The van der Waals surface area contributed by atoms with Gasteiger partial charge in [0.15, 0.2) is 6.61 Å². The number of carbonyl (C=O) groups excluding carboxylic acids is 1. The molecule has 5 nitrogen and oxygen atoms in total. The van der Waals surface area contributed by atoms with Crippen LogP contribution in [0.15, 0.2) is 24.3 Å². The second kappa shape index (κ2) is 8.33. The fourth-order valence-corrected chi connectivity index (χ4v) is 1.91. The number of nitriles is 1.